The maximum absolute atomic E-state index is 12.9. The molecule has 1 aromatic rings. The van der Waals surface area contributed by atoms with E-state index in [0.29, 0.717) is 31.2 Å². The van der Waals surface area contributed by atoms with Crippen LogP contribution in [0.4, 0.5) is 13.2 Å². The Morgan fingerprint density at radius 3 is 2.72 bits per heavy atom. The minimum Gasteiger partial charge on any atom is -0.370 e. The van der Waals surface area contributed by atoms with Crippen molar-refractivity contribution < 1.29 is 17.9 Å². The molecule has 0 saturated carbocycles. The van der Waals surface area contributed by atoms with Gasteiger partial charge in [-0.15, -0.1) is 24.0 Å². The van der Waals surface area contributed by atoms with Gasteiger partial charge in [0.25, 0.3) is 0 Å². The lowest BCUT2D eigenvalue weighted by Crippen LogP contribution is -2.48. The van der Waals surface area contributed by atoms with Gasteiger partial charge in [0, 0.05) is 20.1 Å². The van der Waals surface area contributed by atoms with Gasteiger partial charge in [0.1, 0.15) is 6.10 Å². The molecular weight excluding hydrogens is 446 g/mol. The van der Waals surface area contributed by atoms with Gasteiger partial charge in [0.15, 0.2) is 5.96 Å². The predicted octanol–water partition coefficient (Wildman–Crippen LogP) is 3.93. The Hall–Kier alpha value is -1.03. The second-order valence-corrected chi connectivity index (χ2v) is 6.25. The van der Waals surface area contributed by atoms with Gasteiger partial charge in [0.2, 0.25) is 0 Å². The van der Waals surface area contributed by atoms with Gasteiger partial charge in [-0.25, -0.2) is 0 Å². The van der Waals surface area contributed by atoms with Crippen molar-refractivity contribution in [3.63, 3.8) is 0 Å². The van der Waals surface area contributed by atoms with Crippen LogP contribution in [0.15, 0.2) is 29.3 Å². The largest absolute Gasteiger partial charge is 0.416 e. The minimum atomic E-state index is -4.35. The van der Waals surface area contributed by atoms with E-state index < -0.39 is 17.8 Å². The van der Waals surface area contributed by atoms with Crippen molar-refractivity contribution >= 4 is 29.9 Å². The van der Waals surface area contributed by atoms with E-state index in [1.54, 1.807) is 13.1 Å². The summed E-state index contributed by atoms with van der Waals surface area (Å²) in [4.78, 5) is 6.29. The first-order valence-corrected chi connectivity index (χ1v) is 8.05. The van der Waals surface area contributed by atoms with E-state index in [0.717, 1.165) is 18.6 Å². The normalized spacial score (nSPS) is 18.9. The standard InChI is InChI=1S/C17H24F3N3O.HI/c1-12(2)10-22-16(21-3)23-7-8-24-15(11-23)13-5-4-6-14(9-13)17(18,19)20;/h4-6,9,12,15H,7-8,10-11H2,1-3H3,(H,21,22);1H. The summed E-state index contributed by atoms with van der Waals surface area (Å²) in [6.45, 7) is 6.57. The lowest BCUT2D eigenvalue weighted by molar-refractivity contribution is -0.137. The van der Waals surface area contributed by atoms with Crippen LogP contribution in [-0.2, 0) is 10.9 Å². The van der Waals surface area contributed by atoms with Crippen LogP contribution >= 0.6 is 24.0 Å². The van der Waals surface area contributed by atoms with Gasteiger partial charge in [-0.3, -0.25) is 4.99 Å². The molecule has 1 aliphatic heterocycles. The van der Waals surface area contributed by atoms with Crippen molar-refractivity contribution in [2.75, 3.05) is 33.3 Å². The molecular formula is C17H25F3IN3O. The zero-order valence-corrected chi connectivity index (χ0v) is 17.0. The molecule has 0 amide bonds. The Morgan fingerprint density at radius 2 is 2.12 bits per heavy atom. The smallest absolute Gasteiger partial charge is 0.370 e. The number of aliphatic imine (C=N–C) groups is 1. The summed E-state index contributed by atoms with van der Waals surface area (Å²) in [5.74, 6) is 1.23. The Labute approximate surface area is 163 Å². The van der Waals surface area contributed by atoms with Gasteiger partial charge in [-0.05, 0) is 23.6 Å². The van der Waals surface area contributed by atoms with Gasteiger partial charge in [-0.2, -0.15) is 13.2 Å². The molecule has 142 valence electrons. The number of ether oxygens (including phenoxy) is 1. The number of nitrogens with one attached hydrogen (secondary N) is 1. The van der Waals surface area contributed by atoms with Crippen LogP contribution < -0.4 is 5.32 Å². The molecule has 2 rings (SSSR count). The first-order valence-electron chi connectivity index (χ1n) is 8.05. The lowest BCUT2D eigenvalue weighted by Gasteiger charge is -2.35. The molecule has 1 aromatic carbocycles. The molecule has 0 spiro atoms. The van der Waals surface area contributed by atoms with Crippen LogP contribution in [0, 0.1) is 5.92 Å². The monoisotopic (exact) mass is 471 g/mol. The number of morpholine rings is 1. The van der Waals surface area contributed by atoms with Crippen molar-refractivity contribution in [2.24, 2.45) is 10.9 Å². The van der Waals surface area contributed by atoms with Crippen LogP contribution in [0.2, 0.25) is 0 Å². The zero-order valence-electron chi connectivity index (χ0n) is 14.6. The summed E-state index contributed by atoms with van der Waals surface area (Å²) >= 11 is 0. The SMILES string of the molecule is CN=C(NCC(C)C)N1CCOC(c2cccc(C(F)(F)F)c2)C1.I. The highest BCUT2D eigenvalue weighted by molar-refractivity contribution is 14.0. The molecule has 1 saturated heterocycles. The quantitative estimate of drug-likeness (QED) is 0.413. The molecule has 0 bridgehead atoms. The van der Waals surface area contributed by atoms with E-state index in [4.69, 9.17) is 4.74 Å². The number of nitrogens with zero attached hydrogens (tertiary/aromatic N) is 2. The van der Waals surface area contributed by atoms with E-state index in [2.05, 4.69) is 24.2 Å². The molecule has 1 fully saturated rings. The van der Waals surface area contributed by atoms with E-state index in [1.165, 1.54) is 12.1 Å². The highest BCUT2D eigenvalue weighted by Gasteiger charge is 2.32. The number of halogens is 4. The van der Waals surface area contributed by atoms with Crippen LogP contribution in [0.25, 0.3) is 0 Å². The molecule has 0 aromatic heterocycles. The summed E-state index contributed by atoms with van der Waals surface area (Å²) < 4.78 is 44.4. The second kappa shape index (κ2) is 9.61. The number of hydrogen-bond donors (Lipinski definition) is 1. The molecule has 1 atom stereocenters. The van der Waals surface area contributed by atoms with Crippen molar-refractivity contribution in [1.82, 2.24) is 10.2 Å². The summed E-state index contributed by atoms with van der Waals surface area (Å²) in [5.41, 5.74) is -0.114. The first-order chi connectivity index (χ1) is 11.3. The Bertz CT molecular complexity index is 579. The highest BCUT2D eigenvalue weighted by atomic mass is 127. The molecule has 1 aliphatic rings. The van der Waals surface area contributed by atoms with Crippen LogP contribution in [0.1, 0.15) is 31.1 Å². The average molecular weight is 471 g/mol. The molecule has 1 unspecified atom stereocenters. The van der Waals surface area contributed by atoms with Gasteiger partial charge < -0.3 is 15.0 Å². The van der Waals surface area contributed by atoms with Crippen LogP contribution in [0.5, 0.6) is 0 Å². The molecule has 4 nitrogen and oxygen atoms in total. The maximum atomic E-state index is 12.9. The van der Waals surface area contributed by atoms with Crippen LogP contribution in [-0.4, -0.2) is 44.1 Å². The number of hydrogen-bond acceptors (Lipinski definition) is 2. The lowest BCUT2D eigenvalue weighted by atomic mass is 10.0. The summed E-state index contributed by atoms with van der Waals surface area (Å²) in [5, 5.41) is 3.29. The first kappa shape index (κ1) is 22.0. The summed E-state index contributed by atoms with van der Waals surface area (Å²) in [6, 6.07) is 5.34. The average Bonchev–Trinajstić information content (AvgIpc) is 2.55. The number of alkyl halides is 3. The third-order valence-corrected chi connectivity index (χ3v) is 3.83. The van der Waals surface area contributed by atoms with Gasteiger partial charge in [-0.1, -0.05) is 26.0 Å². The van der Waals surface area contributed by atoms with Crippen molar-refractivity contribution in [3.05, 3.63) is 35.4 Å². The fraction of sp³-hybridized carbons (Fsp3) is 0.588. The topological polar surface area (TPSA) is 36.9 Å². The molecule has 0 radical (unpaired) electrons. The fourth-order valence-electron chi connectivity index (χ4n) is 2.59. The maximum Gasteiger partial charge on any atom is 0.416 e. The van der Waals surface area contributed by atoms with Gasteiger partial charge >= 0.3 is 6.18 Å². The van der Waals surface area contributed by atoms with Crippen molar-refractivity contribution in [2.45, 2.75) is 26.1 Å². The van der Waals surface area contributed by atoms with E-state index in [9.17, 15) is 13.2 Å². The van der Waals surface area contributed by atoms with E-state index >= 15 is 0 Å². The molecule has 8 heteroatoms. The Kier molecular flexibility index (Phi) is 8.46. The van der Waals surface area contributed by atoms with Crippen LogP contribution in [0.3, 0.4) is 0 Å². The van der Waals surface area contributed by atoms with Crippen molar-refractivity contribution in [3.8, 4) is 0 Å². The summed E-state index contributed by atoms with van der Waals surface area (Å²) in [7, 11) is 1.71. The van der Waals surface area contributed by atoms with Crippen molar-refractivity contribution in [1.29, 1.82) is 0 Å². The molecule has 25 heavy (non-hydrogen) atoms. The third kappa shape index (κ3) is 6.32. The number of guanidine groups is 1. The Balaban J connectivity index is 0.00000312. The Morgan fingerprint density at radius 1 is 1.40 bits per heavy atom. The summed E-state index contributed by atoms with van der Waals surface area (Å²) in [6.07, 6.45) is -4.75. The predicted molar refractivity (Wildman–Crippen MR) is 103 cm³/mol. The van der Waals surface area contributed by atoms with E-state index in [1.807, 2.05) is 4.90 Å². The van der Waals surface area contributed by atoms with Gasteiger partial charge in [0.05, 0.1) is 18.7 Å². The number of benzene rings is 1. The number of rotatable bonds is 3. The highest BCUT2D eigenvalue weighted by Crippen LogP contribution is 2.32. The van der Waals surface area contributed by atoms with E-state index in [-0.39, 0.29) is 24.0 Å². The molecule has 0 aliphatic carbocycles. The third-order valence-electron chi connectivity index (χ3n) is 3.83. The second-order valence-electron chi connectivity index (χ2n) is 6.25. The zero-order chi connectivity index (χ0) is 17.7. The molecule has 1 N–H and O–H groups in total. The minimum absolute atomic E-state index is 0. The fourth-order valence-corrected chi connectivity index (χ4v) is 2.59. The molecule has 1 heterocycles.